The molecule has 0 aromatic heterocycles. The molecule has 0 radical (unpaired) electrons. The van der Waals surface area contributed by atoms with E-state index in [1.807, 2.05) is 13.0 Å². The summed E-state index contributed by atoms with van der Waals surface area (Å²) in [5, 5.41) is 8.88. The molecule has 2 rings (SSSR count). The zero-order valence-electron chi connectivity index (χ0n) is 10.8. The number of rotatable bonds is 6. The predicted molar refractivity (Wildman–Crippen MR) is 69.8 cm³/mol. The summed E-state index contributed by atoms with van der Waals surface area (Å²) >= 11 is 0. The second-order valence-corrected chi connectivity index (χ2v) is 5.08. The van der Waals surface area contributed by atoms with Crippen LogP contribution in [0, 0.1) is 12.8 Å². The fraction of sp³-hybridized carbons (Fsp3) is 0.533. The van der Waals surface area contributed by atoms with E-state index in [-0.39, 0.29) is 0 Å². The molecule has 1 N–H and O–H groups in total. The minimum Gasteiger partial charge on any atom is -0.478 e. The van der Waals surface area contributed by atoms with Crippen molar-refractivity contribution in [2.75, 3.05) is 6.61 Å². The van der Waals surface area contributed by atoms with E-state index in [1.54, 1.807) is 12.1 Å². The van der Waals surface area contributed by atoms with Crippen LogP contribution in [-0.2, 0) is 11.3 Å². The number of aromatic carboxylic acids is 1. The lowest BCUT2D eigenvalue weighted by Crippen LogP contribution is -2.13. The number of benzene rings is 1. The second kappa shape index (κ2) is 6.01. The number of aryl methyl sites for hydroxylation is 1. The molecule has 1 saturated carbocycles. The van der Waals surface area contributed by atoms with Gasteiger partial charge in [0.05, 0.1) is 12.2 Å². The average molecular weight is 248 g/mol. The summed E-state index contributed by atoms with van der Waals surface area (Å²) in [6.07, 6.45) is 5.25. The number of ether oxygens (including phenoxy) is 1. The molecule has 0 spiro atoms. The molecule has 0 unspecified atom stereocenters. The van der Waals surface area contributed by atoms with Gasteiger partial charge in [0.1, 0.15) is 0 Å². The molecule has 1 aliphatic carbocycles. The van der Waals surface area contributed by atoms with Crippen molar-refractivity contribution in [1.29, 1.82) is 0 Å². The lowest BCUT2D eigenvalue weighted by Gasteiger charge is -2.24. The SMILES string of the molecule is Cc1cc(C(=O)O)ccc1COCCC1CCC1. The summed E-state index contributed by atoms with van der Waals surface area (Å²) in [6.45, 7) is 3.32. The first-order valence-corrected chi connectivity index (χ1v) is 6.57. The number of carboxylic acids is 1. The van der Waals surface area contributed by atoms with Gasteiger partial charge in [0, 0.05) is 6.61 Å². The molecular formula is C15H20O3. The van der Waals surface area contributed by atoms with Gasteiger partial charge in [-0.2, -0.15) is 0 Å². The Morgan fingerprint density at radius 1 is 1.44 bits per heavy atom. The first-order valence-electron chi connectivity index (χ1n) is 6.57. The van der Waals surface area contributed by atoms with Gasteiger partial charge in [-0.25, -0.2) is 4.79 Å². The van der Waals surface area contributed by atoms with Crippen LogP contribution in [0.15, 0.2) is 18.2 Å². The van der Waals surface area contributed by atoms with E-state index in [2.05, 4.69) is 0 Å². The maximum absolute atomic E-state index is 10.8. The molecular weight excluding hydrogens is 228 g/mol. The van der Waals surface area contributed by atoms with Crippen molar-refractivity contribution in [2.24, 2.45) is 5.92 Å². The second-order valence-electron chi connectivity index (χ2n) is 5.08. The van der Waals surface area contributed by atoms with E-state index < -0.39 is 5.97 Å². The Hall–Kier alpha value is -1.35. The summed E-state index contributed by atoms with van der Waals surface area (Å²) < 4.78 is 5.66. The highest BCUT2D eigenvalue weighted by Gasteiger charge is 2.16. The van der Waals surface area contributed by atoms with E-state index in [0.717, 1.165) is 30.1 Å². The van der Waals surface area contributed by atoms with Gasteiger partial charge in [0.2, 0.25) is 0 Å². The van der Waals surface area contributed by atoms with Gasteiger partial charge in [-0.1, -0.05) is 25.3 Å². The highest BCUT2D eigenvalue weighted by Crippen LogP contribution is 2.29. The lowest BCUT2D eigenvalue weighted by atomic mass is 9.83. The molecule has 0 aliphatic heterocycles. The Kier molecular flexibility index (Phi) is 4.37. The smallest absolute Gasteiger partial charge is 0.335 e. The highest BCUT2D eigenvalue weighted by molar-refractivity contribution is 5.87. The molecule has 18 heavy (non-hydrogen) atoms. The summed E-state index contributed by atoms with van der Waals surface area (Å²) in [7, 11) is 0. The highest BCUT2D eigenvalue weighted by atomic mass is 16.5. The molecule has 1 aliphatic rings. The van der Waals surface area contributed by atoms with Gasteiger partial charge < -0.3 is 9.84 Å². The molecule has 0 bridgehead atoms. The van der Waals surface area contributed by atoms with Gasteiger partial charge in [0.15, 0.2) is 0 Å². The third-order valence-corrected chi connectivity index (χ3v) is 3.74. The minimum atomic E-state index is -0.879. The Labute approximate surface area is 108 Å². The van der Waals surface area contributed by atoms with E-state index in [0.29, 0.717) is 12.2 Å². The summed E-state index contributed by atoms with van der Waals surface area (Å²) in [5.41, 5.74) is 2.40. The zero-order chi connectivity index (χ0) is 13.0. The summed E-state index contributed by atoms with van der Waals surface area (Å²) in [6, 6.07) is 5.19. The fourth-order valence-electron chi connectivity index (χ4n) is 2.20. The van der Waals surface area contributed by atoms with Crippen LogP contribution in [0.3, 0.4) is 0 Å². The lowest BCUT2D eigenvalue weighted by molar-refractivity contribution is 0.0696. The van der Waals surface area contributed by atoms with Crippen LogP contribution in [0.4, 0.5) is 0 Å². The van der Waals surface area contributed by atoms with Gasteiger partial charge >= 0.3 is 5.97 Å². The third-order valence-electron chi connectivity index (χ3n) is 3.74. The summed E-state index contributed by atoms with van der Waals surface area (Å²) in [4.78, 5) is 10.8. The van der Waals surface area contributed by atoms with Crippen LogP contribution in [0.25, 0.3) is 0 Å². The molecule has 1 fully saturated rings. The number of carboxylic acid groups (broad SMARTS) is 1. The van der Waals surface area contributed by atoms with Crippen LogP contribution in [-0.4, -0.2) is 17.7 Å². The van der Waals surface area contributed by atoms with E-state index >= 15 is 0 Å². The molecule has 1 aromatic carbocycles. The van der Waals surface area contributed by atoms with Crippen molar-refractivity contribution in [2.45, 2.75) is 39.2 Å². The Morgan fingerprint density at radius 2 is 2.22 bits per heavy atom. The Morgan fingerprint density at radius 3 is 2.78 bits per heavy atom. The van der Waals surface area contributed by atoms with Crippen LogP contribution >= 0.6 is 0 Å². The summed E-state index contributed by atoms with van der Waals surface area (Å²) in [5.74, 6) is -0.00367. The number of hydrogen-bond donors (Lipinski definition) is 1. The van der Waals surface area contributed by atoms with Crippen LogP contribution < -0.4 is 0 Å². The zero-order valence-corrected chi connectivity index (χ0v) is 10.8. The first-order chi connectivity index (χ1) is 8.66. The molecule has 0 saturated heterocycles. The topological polar surface area (TPSA) is 46.5 Å². The molecule has 1 aromatic rings. The van der Waals surface area contributed by atoms with Crippen molar-refractivity contribution >= 4 is 5.97 Å². The van der Waals surface area contributed by atoms with E-state index in [1.165, 1.54) is 19.3 Å². The minimum absolute atomic E-state index is 0.339. The van der Waals surface area contributed by atoms with Gasteiger partial charge in [-0.05, 0) is 42.5 Å². The van der Waals surface area contributed by atoms with Crippen molar-refractivity contribution < 1.29 is 14.6 Å². The molecule has 0 heterocycles. The largest absolute Gasteiger partial charge is 0.478 e. The fourth-order valence-corrected chi connectivity index (χ4v) is 2.20. The monoisotopic (exact) mass is 248 g/mol. The molecule has 3 nitrogen and oxygen atoms in total. The van der Waals surface area contributed by atoms with Crippen molar-refractivity contribution in [3.63, 3.8) is 0 Å². The van der Waals surface area contributed by atoms with Gasteiger partial charge in [-0.3, -0.25) is 0 Å². The quantitative estimate of drug-likeness (QED) is 0.785. The van der Waals surface area contributed by atoms with Crippen LogP contribution in [0.2, 0.25) is 0 Å². The molecule has 98 valence electrons. The average Bonchev–Trinajstić information content (AvgIpc) is 2.28. The van der Waals surface area contributed by atoms with Crippen molar-refractivity contribution in [3.8, 4) is 0 Å². The molecule has 0 amide bonds. The van der Waals surface area contributed by atoms with E-state index in [4.69, 9.17) is 9.84 Å². The standard InChI is InChI=1S/C15H20O3/c1-11-9-13(15(16)17)5-6-14(11)10-18-8-7-12-3-2-4-12/h5-6,9,12H,2-4,7-8,10H2,1H3,(H,16,17). The predicted octanol–water partition coefficient (Wildman–Crippen LogP) is 3.40. The van der Waals surface area contributed by atoms with Gasteiger partial charge in [-0.15, -0.1) is 0 Å². The molecule has 0 atom stereocenters. The van der Waals surface area contributed by atoms with Crippen LogP contribution in [0.1, 0.15) is 47.2 Å². The Bertz CT molecular complexity index is 422. The normalized spacial score (nSPS) is 15.4. The van der Waals surface area contributed by atoms with Gasteiger partial charge in [0.25, 0.3) is 0 Å². The number of carbonyl (C=O) groups is 1. The molecule has 3 heteroatoms. The third kappa shape index (κ3) is 3.33. The van der Waals surface area contributed by atoms with Crippen LogP contribution in [0.5, 0.6) is 0 Å². The first kappa shape index (κ1) is 13.1. The van der Waals surface area contributed by atoms with Crippen molar-refractivity contribution in [1.82, 2.24) is 0 Å². The van der Waals surface area contributed by atoms with E-state index in [9.17, 15) is 4.79 Å². The maximum Gasteiger partial charge on any atom is 0.335 e. The Balaban J connectivity index is 1.79. The number of hydrogen-bond acceptors (Lipinski definition) is 2. The maximum atomic E-state index is 10.8. The van der Waals surface area contributed by atoms with Crippen molar-refractivity contribution in [3.05, 3.63) is 34.9 Å².